The maximum absolute atomic E-state index is 11.9. The molecule has 0 saturated carbocycles. The Morgan fingerprint density at radius 2 is 1.96 bits per heavy atom. The van der Waals surface area contributed by atoms with E-state index < -0.39 is 0 Å². The molecule has 1 saturated heterocycles. The van der Waals surface area contributed by atoms with Gasteiger partial charge in [0.25, 0.3) is 0 Å². The third kappa shape index (κ3) is 2.55. The molecule has 1 aromatic rings. The summed E-state index contributed by atoms with van der Waals surface area (Å²) in [5, 5.41) is 3.43. The number of ether oxygens (including phenoxy) is 2. The molecular formula is C18H20N2O3S. The largest absolute Gasteiger partial charge is 0.494 e. The Labute approximate surface area is 145 Å². The second-order valence-electron chi connectivity index (χ2n) is 6.10. The molecule has 126 valence electrons. The van der Waals surface area contributed by atoms with E-state index in [2.05, 4.69) is 22.3 Å². The Hall–Kier alpha value is -2.08. The summed E-state index contributed by atoms with van der Waals surface area (Å²) >= 11 is 1.64. The molecule has 1 aromatic carbocycles. The average Bonchev–Trinajstić information content (AvgIpc) is 3.13. The van der Waals surface area contributed by atoms with Crippen molar-refractivity contribution in [3.63, 3.8) is 0 Å². The second kappa shape index (κ2) is 6.09. The van der Waals surface area contributed by atoms with Crippen LogP contribution in [0.25, 0.3) is 0 Å². The van der Waals surface area contributed by atoms with Gasteiger partial charge in [0, 0.05) is 47.1 Å². The number of nitrogens with zero attached hydrogens (tertiary/aromatic N) is 1. The van der Waals surface area contributed by atoms with Crippen molar-refractivity contribution in [2.45, 2.75) is 24.2 Å². The number of nitrogens with one attached hydrogen (secondary N) is 1. The van der Waals surface area contributed by atoms with Crippen LogP contribution in [0.15, 0.2) is 39.5 Å². The zero-order chi connectivity index (χ0) is 16.7. The third-order valence-electron chi connectivity index (χ3n) is 4.60. The Morgan fingerprint density at radius 3 is 2.67 bits per heavy atom. The maximum Gasteiger partial charge on any atom is 0.164 e. The van der Waals surface area contributed by atoms with Crippen LogP contribution in [0.4, 0.5) is 11.4 Å². The zero-order valence-corrected chi connectivity index (χ0v) is 14.7. The highest BCUT2D eigenvalue weighted by Crippen LogP contribution is 2.50. The molecule has 4 rings (SSSR count). The topological polar surface area (TPSA) is 50.8 Å². The molecule has 5 nitrogen and oxygen atoms in total. The van der Waals surface area contributed by atoms with Crippen LogP contribution in [0.1, 0.15) is 19.3 Å². The molecule has 3 aliphatic rings. The van der Waals surface area contributed by atoms with Gasteiger partial charge in [0.15, 0.2) is 5.78 Å². The molecule has 0 spiro atoms. The summed E-state index contributed by atoms with van der Waals surface area (Å²) in [5.74, 6) is 1.48. The van der Waals surface area contributed by atoms with Crippen molar-refractivity contribution in [3.05, 3.63) is 34.6 Å². The molecule has 0 aromatic heterocycles. The molecule has 0 atom stereocenters. The molecule has 0 amide bonds. The Morgan fingerprint density at radius 1 is 1.17 bits per heavy atom. The number of ketones is 1. The first kappa shape index (κ1) is 15.4. The quantitative estimate of drug-likeness (QED) is 0.905. The molecular weight excluding hydrogens is 324 g/mol. The minimum atomic E-state index is 0.0750. The third-order valence-corrected chi connectivity index (χ3v) is 5.73. The number of allylic oxidation sites excluding steroid dienone is 2. The number of hydrogen-bond donors (Lipinski definition) is 1. The lowest BCUT2D eigenvalue weighted by Crippen LogP contribution is -2.20. The van der Waals surface area contributed by atoms with Crippen LogP contribution in [0.3, 0.4) is 0 Å². The molecule has 2 aliphatic heterocycles. The van der Waals surface area contributed by atoms with Gasteiger partial charge in [0.1, 0.15) is 11.5 Å². The summed E-state index contributed by atoms with van der Waals surface area (Å²) < 4.78 is 11.0. The van der Waals surface area contributed by atoms with E-state index in [1.165, 1.54) is 18.5 Å². The zero-order valence-electron chi connectivity index (χ0n) is 13.8. The van der Waals surface area contributed by atoms with Crippen molar-refractivity contribution < 1.29 is 14.3 Å². The van der Waals surface area contributed by atoms with Gasteiger partial charge in [-0.3, -0.25) is 4.79 Å². The summed E-state index contributed by atoms with van der Waals surface area (Å²) in [7, 11) is 3.28. The van der Waals surface area contributed by atoms with E-state index >= 15 is 0 Å². The lowest BCUT2D eigenvalue weighted by atomic mass is 10.1. The normalized spacial score (nSPS) is 19.5. The fourth-order valence-electron chi connectivity index (χ4n) is 3.39. The maximum atomic E-state index is 11.9. The molecule has 6 heteroatoms. The summed E-state index contributed by atoms with van der Waals surface area (Å²) in [6, 6.07) is 4.29. The highest BCUT2D eigenvalue weighted by Gasteiger charge is 2.30. The Bertz CT molecular complexity index is 764. The van der Waals surface area contributed by atoms with Crippen LogP contribution >= 0.6 is 11.8 Å². The number of benzene rings is 1. The molecule has 0 bridgehead atoms. The minimum Gasteiger partial charge on any atom is -0.494 e. The highest BCUT2D eigenvalue weighted by molar-refractivity contribution is 8.03. The van der Waals surface area contributed by atoms with Gasteiger partial charge in [0.2, 0.25) is 0 Å². The first-order valence-electron chi connectivity index (χ1n) is 8.13. The number of thioether (sulfide) groups is 1. The average molecular weight is 344 g/mol. The fourth-order valence-corrected chi connectivity index (χ4v) is 4.56. The Kier molecular flexibility index (Phi) is 3.92. The van der Waals surface area contributed by atoms with Crippen molar-refractivity contribution in [1.29, 1.82) is 0 Å². The number of methoxy groups -OCH3 is 2. The SMILES string of the molecule is COC1=CC(=O)CC2=C1Nc1c(OC)cc(N3CCCC3)cc1S2. The standard InChI is InChI=1S/C18H20N2O3S/c1-22-13-7-11(20-5-3-4-6-20)8-15-17(13)19-18-14(23-2)9-12(21)10-16(18)24-15/h7-9,19H,3-6,10H2,1-2H3. The highest BCUT2D eigenvalue weighted by atomic mass is 32.2. The van der Waals surface area contributed by atoms with Gasteiger partial charge < -0.3 is 19.7 Å². The lowest BCUT2D eigenvalue weighted by Gasteiger charge is -2.29. The van der Waals surface area contributed by atoms with Crippen LogP contribution in [-0.2, 0) is 9.53 Å². The van der Waals surface area contributed by atoms with Gasteiger partial charge in [0.05, 0.1) is 25.6 Å². The van der Waals surface area contributed by atoms with Crippen LogP contribution in [-0.4, -0.2) is 33.1 Å². The number of rotatable bonds is 3. The molecule has 1 N–H and O–H groups in total. The molecule has 2 heterocycles. The van der Waals surface area contributed by atoms with Gasteiger partial charge >= 0.3 is 0 Å². The van der Waals surface area contributed by atoms with Gasteiger partial charge in [-0.2, -0.15) is 0 Å². The van der Waals surface area contributed by atoms with Crippen LogP contribution in [0, 0.1) is 0 Å². The van der Waals surface area contributed by atoms with Gasteiger partial charge in [-0.15, -0.1) is 0 Å². The van der Waals surface area contributed by atoms with Crippen molar-refractivity contribution in [2.75, 3.05) is 37.5 Å². The fraction of sp³-hybridized carbons (Fsp3) is 0.389. The second-order valence-corrected chi connectivity index (χ2v) is 7.23. The number of carbonyl (C=O) groups excluding carboxylic acids is 1. The number of hydrogen-bond acceptors (Lipinski definition) is 6. The first-order valence-corrected chi connectivity index (χ1v) is 8.95. The molecule has 0 radical (unpaired) electrons. The lowest BCUT2D eigenvalue weighted by molar-refractivity contribution is -0.114. The summed E-state index contributed by atoms with van der Waals surface area (Å²) in [6.07, 6.45) is 4.44. The number of carbonyl (C=O) groups is 1. The molecule has 1 aliphatic carbocycles. The van der Waals surface area contributed by atoms with Crippen LogP contribution < -0.4 is 15.0 Å². The molecule has 1 fully saturated rings. The van der Waals surface area contributed by atoms with E-state index in [0.29, 0.717) is 12.2 Å². The minimum absolute atomic E-state index is 0.0750. The van der Waals surface area contributed by atoms with Gasteiger partial charge in [-0.1, -0.05) is 11.8 Å². The summed E-state index contributed by atoms with van der Waals surface area (Å²) in [6.45, 7) is 2.17. The van der Waals surface area contributed by atoms with E-state index in [-0.39, 0.29) is 5.78 Å². The monoisotopic (exact) mass is 344 g/mol. The number of anilines is 2. The van der Waals surface area contributed by atoms with Crippen LogP contribution in [0.2, 0.25) is 0 Å². The molecule has 24 heavy (non-hydrogen) atoms. The Balaban J connectivity index is 1.75. The van der Waals surface area contributed by atoms with Crippen molar-refractivity contribution in [3.8, 4) is 5.75 Å². The van der Waals surface area contributed by atoms with E-state index in [1.54, 1.807) is 32.1 Å². The van der Waals surface area contributed by atoms with Crippen LogP contribution in [0.5, 0.6) is 5.75 Å². The first-order chi connectivity index (χ1) is 11.7. The summed E-state index contributed by atoms with van der Waals surface area (Å²) in [4.78, 5) is 16.4. The predicted octanol–water partition coefficient (Wildman–Crippen LogP) is 3.53. The van der Waals surface area contributed by atoms with Gasteiger partial charge in [-0.05, 0) is 18.9 Å². The van der Waals surface area contributed by atoms with Crippen molar-refractivity contribution in [1.82, 2.24) is 0 Å². The van der Waals surface area contributed by atoms with Crippen molar-refractivity contribution >= 4 is 28.9 Å². The van der Waals surface area contributed by atoms with E-state index in [9.17, 15) is 4.79 Å². The smallest absolute Gasteiger partial charge is 0.164 e. The van der Waals surface area contributed by atoms with Gasteiger partial charge in [-0.25, -0.2) is 0 Å². The number of fused-ring (bicyclic) bond motifs is 1. The predicted molar refractivity (Wildman–Crippen MR) is 95.7 cm³/mol. The van der Waals surface area contributed by atoms with E-state index in [1.807, 2.05) is 0 Å². The van der Waals surface area contributed by atoms with E-state index in [0.717, 1.165) is 40.0 Å². The summed E-state index contributed by atoms with van der Waals surface area (Å²) in [5.41, 5.74) is 3.01. The van der Waals surface area contributed by atoms with E-state index in [4.69, 9.17) is 9.47 Å². The molecule has 0 unspecified atom stereocenters. The van der Waals surface area contributed by atoms with Crippen molar-refractivity contribution in [2.24, 2.45) is 0 Å².